The molecule has 0 aliphatic rings. The van der Waals surface area contributed by atoms with Crippen LogP contribution in [-0.2, 0) is 19.4 Å². The third-order valence-electron chi connectivity index (χ3n) is 3.51. The van der Waals surface area contributed by atoms with E-state index >= 15 is 0 Å². The average molecular weight is 290 g/mol. The van der Waals surface area contributed by atoms with Crippen molar-refractivity contribution in [1.29, 1.82) is 0 Å². The lowest BCUT2D eigenvalue weighted by Crippen LogP contribution is -2.10. The molecule has 2 N–H and O–H groups in total. The summed E-state index contributed by atoms with van der Waals surface area (Å²) < 4.78 is 12.6. The van der Waals surface area contributed by atoms with Crippen LogP contribution in [0.5, 0.6) is 11.5 Å². The van der Waals surface area contributed by atoms with Crippen molar-refractivity contribution in [1.82, 2.24) is 14.8 Å². The minimum Gasteiger partial charge on any atom is -0.493 e. The molecule has 0 unspecified atom stereocenters. The summed E-state index contributed by atoms with van der Waals surface area (Å²) in [5.41, 5.74) is 9.65. The molecule has 2 heterocycles. The van der Waals surface area contributed by atoms with Gasteiger partial charge in [-0.25, -0.2) is 0 Å². The predicted molar refractivity (Wildman–Crippen MR) is 81.8 cm³/mol. The second kappa shape index (κ2) is 6.47. The first kappa shape index (κ1) is 15.2. The third-order valence-corrected chi connectivity index (χ3v) is 3.51. The van der Waals surface area contributed by atoms with Gasteiger partial charge in [-0.05, 0) is 12.8 Å². The predicted octanol–water partition coefficient (Wildman–Crippen LogP) is 2.05. The maximum absolute atomic E-state index is 6.15. The molecule has 0 saturated carbocycles. The molecule has 0 radical (unpaired) electrons. The molecular formula is C15H22N4O2. The summed E-state index contributed by atoms with van der Waals surface area (Å²) >= 11 is 0. The van der Waals surface area contributed by atoms with Crippen LogP contribution in [-0.4, -0.2) is 29.0 Å². The van der Waals surface area contributed by atoms with Crippen molar-refractivity contribution in [3.63, 3.8) is 0 Å². The van der Waals surface area contributed by atoms with Crippen LogP contribution in [0.3, 0.4) is 0 Å². The molecule has 6 heteroatoms. The van der Waals surface area contributed by atoms with Crippen LogP contribution in [0.1, 0.15) is 30.9 Å². The number of hydrogen-bond donors (Lipinski definition) is 1. The zero-order valence-electron chi connectivity index (χ0n) is 13.0. The summed E-state index contributed by atoms with van der Waals surface area (Å²) in [4.78, 5) is 4.39. The van der Waals surface area contributed by atoms with E-state index < -0.39 is 0 Å². The van der Waals surface area contributed by atoms with Gasteiger partial charge in [0.2, 0.25) is 0 Å². The molecule has 0 atom stereocenters. The minimum atomic E-state index is 0.508. The summed E-state index contributed by atoms with van der Waals surface area (Å²) in [6.07, 6.45) is 3.34. The van der Waals surface area contributed by atoms with Gasteiger partial charge in [0.25, 0.3) is 0 Å². The maximum atomic E-state index is 6.15. The van der Waals surface area contributed by atoms with E-state index in [0.29, 0.717) is 18.0 Å². The Balaban J connectivity index is 2.43. The molecule has 114 valence electrons. The number of hydrogen-bond acceptors (Lipinski definition) is 5. The first-order chi connectivity index (χ1) is 10.2. The average Bonchev–Trinajstić information content (AvgIpc) is 2.81. The van der Waals surface area contributed by atoms with Gasteiger partial charge in [-0.3, -0.25) is 9.67 Å². The number of ether oxygens (including phenoxy) is 2. The molecule has 0 bridgehead atoms. The zero-order valence-corrected chi connectivity index (χ0v) is 13.0. The largest absolute Gasteiger partial charge is 0.493 e. The molecule has 21 heavy (non-hydrogen) atoms. The smallest absolute Gasteiger partial charge is 0.184 e. The Morgan fingerprint density at radius 2 is 1.90 bits per heavy atom. The lowest BCUT2D eigenvalue weighted by atomic mass is 10.2. The van der Waals surface area contributed by atoms with Crippen LogP contribution >= 0.6 is 0 Å². The highest BCUT2D eigenvalue weighted by Crippen LogP contribution is 2.30. The standard InChI is InChI=1S/C15H22N4O2/c1-5-10-14(16)12(6-2)19(18-10)9-11-15(21-4)13(20-3)7-8-17-11/h7-8H,5-6,9,16H2,1-4H3. The van der Waals surface area contributed by atoms with Crippen molar-refractivity contribution in [2.75, 3.05) is 20.0 Å². The molecule has 2 rings (SSSR count). The first-order valence-electron chi connectivity index (χ1n) is 7.06. The second-order valence-corrected chi connectivity index (χ2v) is 4.66. The number of anilines is 1. The Bertz CT molecular complexity index is 622. The number of pyridine rings is 1. The Hall–Kier alpha value is -2.24. The molecule has 6 nitrogen and oxygen atoms in total. The fourth-order valence-corrected chi connectivity index (χ4v) is 2.44. The van der Waals surface area contributed by atoms with E-state index in [2.05, 4.69) is 17.0 Å². The Labute approximate surface area is 124 Å². The summed E-state index contributed by atoms with van der Waals surface area (Å²) in [7, 11) is 3.22. The van der Waals surface area contributed by atoms with Crippen molar-refractivity contribution in [3.05, 3.63) is 29.3 Å². The highest BCUT2D eigenvalue weighted by molar-refractivity contribution is 5.49. The van der Waals surface area contributed by atoms with Crippen molar-refractivity contribution in [3.8, 4) is 11.5 Å². The third kappa shape index (κ3) is 2.79. The molecule has 0 amide bonds. The molecule has 0 spiro atoms. The van der Waals surface area contributed by atoms with Crippen molar-refractivity contribution < 1.29 is 9.47 Å². The van der Waals surface area contributed by atoms with E-state index in [4.69, 9.17) is 15.2 Å². The molecule has 2 aromatic rings. The van der Waals surface area contributed by atoms with Crippen LogP contribution in [0, 0.1) is 0 Å². The monoisotopic (exact) mass is 290 g/mol. The van der Waals surface area contributed by atoms with Gasteiger partial charge in [-0.2, -0.15) is 5.10 Å². The van der Waals surface area contributed by atoms with Crippen molar-refractivity contribution in [2.45, 2.75) is 33.2 Å². The van der Waals surface area contributed by atoms with E-state index in [-0.39, 0.29) is 0 Å². The normalized spacial score (nSPS) is 10.7. The highest BCUT2D eigenvalue weighted by atomic mass is 16.5. The number of methoxy groups -OCH3 is 2. The summed E-state index contributed by atoms with van der Waals surface area (Å²) in [6.45, 7) is 4.63. The molecule has 0 aromatic carbocycles. The second-order valence-electron chi connectivity index (χ2n) is 4.66. The van der Waals surface area contributed by atoms with E-state index in [1.54, 1.807) is 26.5 Å². The molecule has 2 aromatic heterocycles. The number of nitrogen functional groups attached to an aromatic ring is 1. The number of rotatable bonds is 6. The fraction of sp³-hybridized carbons (Fsp3) is 0.467. The van der Waals surface area contributed by atoms with Crippen LogP contribution in [0.15, 0.2) is 12.3 Å². The zero-order chi connectivity index (χ0) is 15.4. The van der Waals surface area contributed by atoms with E-state index in [1.165, 1.54) is 0 Å². The van der Waals surface area contributed by atoms with Crippen molar-refractivity contribution in [2.24, 2.45) is 0 Å². The summed E-state index contributed by atoms with van der Waals surface area (Å²) in [5, 5.41) is 4.58. The number of aromatic nitrogens is 3. The van der Waals surface area contributed by atoms with Gasteiger partial charge in [-0.1, -0.05) is 13.8 Å². The van der Waals surface area contributed by atoms with Gasteiger partial charge in [0, 0.05) is 12.3 Å². The Morgan fingerprint density at radius 3 is 2.48 bits per heavy atom. The molecular weight excluding hydrogens is 268 g/mol. The van der Waals surface area contributed by atoms with E-state index in [9.17, 15) is 0 Å². The van der Waals surface area contributed by atoms with Gasteiger partial charge in [-0.15, -0.1) is 0 Å². The first-order valence-corrected chi connectivity index (χ1v) is 7.06. The lowest BCUT2D eigenvalue weighted by Gasteiger charge is -2.12. The molecule has 0 fully saturated rings. The fourth-order valence-electron chi connectivity index (χ4n) is 2.44. The summed E-state index contributed by atoms with van der Waals surface area (Å²) in [5.74, 6) is 1.30. The van der Waals surface area contributed by atoms with Gasteiger partial charge < -0.3 is 15.2 Å². The van der Waals surface area contributed by atoms with Crippen LogP contribution < -0.4 is 15.2 Å². The van der Waals surface area contributed by atoms with Gasteiger partial charge in [0.1, 0.15) is 5.69 Å². The molecule has 0 aliphatic heterocycles. The van der Waals surface area contributed by atoms with Gasteiger partial charge in [0.05, 0.1) is 37.8 Å². The highest BCUT2D eigenvalue weighted by Gasteiger charge is 2.17. The quantitative estimate of drug-likeness (QED) is 0.881. The van der Waals surface area contributed by atoms with Crippen LogP contribution in [0.2, 0.25) is 0 Å². The van der Waals surface area contributed by atoms with Crippen molar-refractivity contribution >= 4 is 5.69 Å². The Morgan fingerprint density at radius 1 is 1.14 bits per heavy atom. The molecule has 0 aliphatic carbocycles. The van der Waals surface area contributed by atoms with Crippen LogP contribution in [0.25, 0.3) is 0 Å². The lowest BCUT2D eigenvalue weighted by molar-refractivity contribution is 0.347. The van der Waals surface area contributed by atoms with Gasteiger partial charge in [0.15, 0.2) is 11.5 Å². The SMILES string of the molecule is CCc1nn(Cc2nccc(OC)c2OC)c(CC)c1N. The minimum absolute atomic E-state index is 0.508. The van der Waals surface area contributed by atoms with E-state index in [0.717, 1.165) is 35.6 Å². The van der Waals surface area contributed by atoms with Gasteiger partial charge >= 0.3 is 0 Å². The maximum Gasteiger partial charge on any atom is 0.184 e. The topological polar surface area (TPSA) is 75.2 Å². The summed E-state index contributed by atoms with van der Waals surface area (Å²) in [6, 6.07) is 1.78. The number of aryl methyl sites for hydroxylation is 1. The molecule has 0 saturated heterocycles. The van der Waals surface area contributed by atoms with E-state index in [1.807, 2.05) is 11.6 Å². The Kier molecular flexibility index (Phi) is 4.67. The van der Waals surface area contributed by atoms with Crippen LogP contribution in [0.4, 0.5) is 5.69 Å². The number of nitrogens with zero attached hydrogens (tertiary/aromatic N) is 3. The number of nitrogens with two attached hydrogens (primary N) is 1.